The Morgan fingerprint density at radius 3 is 2.57 bits per heavy atom. The summed E-state index contributed by atoms with van der Waals surface area (Å²) in [6.45, 7) is 0.733. The average Bonchev–Trinajstić information content (AvgIpc) is 3.21. The molecule has 1 heterocycles. The number of carbonyl (C=O) groups excluding carboxylic acids is 1. The van der Waals surface area contributed by atoms with Crippen molar-refractivity contribution < 1.29 is 4.79 Å². The van der Waals surface area contributed by atoms with Gasteiger partial charge in [0.2, 0.25) is 0 Å². The van der Waals surface area contributed by atoms with E-state index in [1.165, 1.54) is 43.6 Å². The van der Waals surface area contributed by atoms with Crippen LogP contribution in [0.1, 0.15) is 35.6 Å². The third kappa shape index (κ3) is 2.58. The normalized spacial score (nSPS) is 16.2. The third-order valence-electron chi connectivity index (χ3n) is 6.67. The Morgan fingerprint density at radius 1 is 0.867 bits per heavy atom. The topological polar surface area (TPSA) is 34.9 Å². The number of fused-ring (bicyclic) bond motifs is 6. The highest BCUT2D eigenvalue weighted by Gasteiger charge is 2.24. The molecule has 5 aromatic rings. The van der Waals surface area contributed by atoms with Crippen molar-refractivity contribution in [2.75, 3.05) is 0 Å². The number of aldehydes is 1. The molecular formula is C27H22N2O. The molecule has 1 aromatic heterocycles. The Labute approximate surface area is 174 Å². The van der Waals surface area contributed by atoms with Gasteiger partial charge in [-0.3, -0.25) is 4.68 Å². The van der Waals surface area contributed by atoms with E-state index in [0.29, 0.717) is 0 Å². The van der Waals surface area contributed by atoms with E-state index in [9.17, 15) is 4.79 Å². The van der Waals surface area contributed by atoms with Gasteiger partial charge in [-0.15, -0.1) is 0 Å². The number of aromatic nitrogens is 2. The Bertz CT molecular complexity index is 1430. The van der Waals surface area contributed by atoms with Gasteiger partial charge in [0, 0.05) is 17.2 Å². The number of carbonyl (C=O) groups is 1. The largest absolute Gasteiger partial charge is 0.303 e. The predicted octanol–water partition coefficient (Wildman–Crippen LogP) is 6.01. The van der Waals surface area contributed by atoms with Gasteiger partial charge in [0.15, 0.2) is 0 Å². The minimum atomic E-state index is 0.00671. The van der Waals surface area contributed by atoms with Crippen LogP contribution in [-0.2, 0) is 17.8 Å². The molecule has 6 rings (SSSR count). The second kappa shape index (κ2) is 6.81. The fourth-order valence-corrected chi connectivity index (χ4v) is 5.15. The monoisotopic (exact) mass is 390 g/mol. The van der Waals surface area contributed by atoms with Crippen LogP contribution in [0.5, 0.6) is 0 Å². The maximum Gasteiger partial charge on any atom is 0.127 e. The van der Waals surface area contributed by atoms with Gasteiger partial charge in [0.05, 0.1) is 12.7 Å². The molecule has 4 aromatic carbocycles. The summed E-state index contributed by atoms with van der Waals surface area (Å²) in [6.07, 6.45) is 5.98. The van der Waals surface area contributed by atoms with Gasteiger partial charge >= 0.3 is 0 Å². The molecule has 1 unspecified atom stereocenters. The standard InChI is InChI=1S/C27H22N2O/c30-17-20-7-4-10-27-26(20)15-28-29(27)16-19-6-3-9-23-22(19)13-14-24-21-8-2-1-5-18(21)11-12-25(23)24/h1-3,5-6,8-9,11-15,17,20H,4,7,10,16H2. The molecule has 0 saturated heterocycles. The smallest absolute Gasteiger partial charge is 0.127 e. The molecule has 0 amide bonds. The van der Waals surface area contributed by atoms with Crippen molar-refractivity contribution in [2.45, 2.75) is 31.7 Å². The van der Waals surface area contributed by atoms with Crippen molar-refractivity contribution in [3.05, 3.63) is 89.7 Å². The number of hydrogen-bond donors (Lipinski definition) is 0. The van der Waals surface area contributed by atoms with Crippen LogP contribution in [0.4, 0.5) is 0 Å². The summed E-state index contributed by atoms with van der Waals surface area (Å²) in [7, 11) is 0. The Hall–Kier alpha value is -3.46. The summed E-state index contributed by atoms with van der Waals surface area (Å²) < 4.78 is 2.10. The molecule has 146 valence electrons. The van der Waals surface area contributed by atoms with Gasteiger partial charge < -0.3 is 4.79 Å². The van der Waals surface area contributed by atoms with Crippen molar-refractivity contribution in [3.63, 3.8) is 0 Å². The molecule has 1 atom stereocenters. The average molecular weight is 390 g/mol. The first kappa shape index (κ1) is 17.4. The molecule has 1 aliphatic rings. The zero-order valence-corrected chi connectivity index (χ0v) is 16.7. The minimum absolute atomic E-state index is 0.00671. The van der Waals surface area contributed by atoms with Crippen molar-refractivity contribution in [1.82, 2.24) is 9.78 Å². The van der Waals surface area contributed by atoms with Crippen LogP contribution in [0.2, 0.25) is 0 Å². The SMILES string of the molecule is O=CC1CCCc2c1cnn2Cc1cccc2c1ccc1c3ccccc3ccc21. The first-order chi connectivity index (χ1) is 14.8. The van der Waals surface area contributed by atoms with E-state index >= 15 is 0 Å². The van der Waals surface area contributed by atoms with E-state index in [2.05, 4.69) is 76.5 Å². The highest BCUT2D eigenvalue weighted by Crippen LogP contribution is 2.34. The second-order valence-corrected chi connectivity index (χ2v) is 8.30. The van der Waals surface area contributed by atoms with Gasteiger partial charge in [-0.05, 0) is 57.1 Å². The van der Waals surface area contributed by atoms with E-state index < -0.39 is 0 Å². The quantitative estimate of drug-likeness (QED) is 0.279. The van der Waals surface area contributed by atoms with Crippen LogP contribution in [0.25, 0.3) is 32.3 Å². The molecule has 0 saturated carbocycles. The van der Waals surface area contributed by atoms with Crippen molar-refractivity contribution >= 4 is 38.6 Å². The molecule has 1 aliphatic carbocycles. The highest BCUT2D eigenvalue weighted by molar-refractivity contribution is 6.17. The van der Waals surface area contributed by atoms with Crippen LogP contribution in [0.3, 0.4) is 0 Å². The zero-order valence-electron chi connectivity index (χ0n) is 16.7. The predicted molar refractivity (Wildman–Crippen MR) is 122 cm³/mol. The summed E-state index contributed by atoms with van der Waals surface area (Å²) in [6, 6.07) is 24.1. The van der Waals surface area contributed by atoms with Crippen molar-refractivity contribution in [3.8, 4) is 0 Å². The lowest BCUT2D eigenvalue weighted by Gasteiger charge is -2.19. The number of benzene rings is 4. The van der Waals surface area contributed by atoms with Crippen LogP contribution < -0.4 is 0 Å². The van der Waals surface area contributed by atoms with E-state index in [1.54, 1.807) is 0 Å². The molecule has 30 heavy (non-hydrogen) atoms. The maximum atomic E-state index is 11.4. The van der Waals surface area contributed by atoms with Crippen molar-refractivity contribution in [1.29, 1.82) is 0 Å². The molecule has 0 spiro atoms. The van der Waals surface area contributed by atoms with Gasteiger partial charge in [-0.1, -0.05) is 66.7 Å². The van der Waals surface area contributed by atoms with E-state index in [-0.39, 0.29) is 5.92 Å². The Morgan fingerprint density at radius 2 is 1.63 bits per heavy atom. The summed E-state index contributed by atoms with van der Waals surface area (Å²) in [4.78, 5) is 11.4. The molecule has 3 nitrogen and oxygen atoms in total. The van der Waals surface area contributed by atoms with Crippen LogP contribution >= 0.6 is 0 Å². The molecular weight excluding hydrogens is 368 g/mol. The van der Waals surface area contributed by atoms with E-state index in [4.69, 9.17) is 0 Å². The Balaban J connectivity index is 1.50. The molecule has 0 radical (unpaired) electrons. The number of rotatable bonds is 3. The fourth-order valence-electron chi connectivity index (χ4n) is 5.15. The lowest BCUT2D eigenvalue weighted by atomic mass is 9.88. The van der Waals surface area contributed by atoms with Gasteiger partial charge in [0.1, 0.15) is 6.29 Å². The van der Waals surface area contributed by atoms with E-state index in [1.807, 2.05) is 6.20 Å². The van der Waals surface area contributed by atoms with Gasteiger partial charge in [-0.25, -0.2) is 0 Å². The van der Waals surface area contributed by atoms with Crippen LogP contribution in [0, 0.1) is 0 Å². The third-order valence-corrected chi connectivity index (χ3v) is 6.67. The highest BCUT2D eigenvalue weighted by atomic mass is 16.1. The minimum Gasteiger partial charge on any atom is -0.303 e. The van der Waals surface area contributed by atoms with E-state index in [0.717, 1.165) is 37.7 Å². The summed E-state index contributed by atoms with van der Waals surface area (Å²) in [5.74, 6) is 0.00671. The van der Waals surface area contributed by atoms with Gasteiger partial charge in [-0.2, -0.15) is 5.10 Å². The van der Waals surface area contributed by atoms with Crippen molar-refractivity contribution in [2.24, 2.45) is 0 Å². The molecule has 0 bridgehead atoms. The van der Waals surface area contributed by atoms with Gasteiger partial charge in [0.25, 0.3) is 0 Å². The Kier molecular flexibility index (Phi) is 3.95. The molecule has 0 N–H and O–H groups in total. The number of nitrogens with zero attached hydrogens (tertiary/aromatic N) is 2. The molecule has 3 heteroatoms. The summed E-state index contributed by atoms with van der Waals surface area (Å²) in [5, 5.41) is 12.4. The summed E-state index contributed by atoms with van der Waals surface area (Å²) in [5.41, 5.74) is 3.61. The second-order valence-electron chi connectivity index (χ2n) is 8.30. The first-order valence-electron chi connectivity index (χ1n) is 10.7. The lowest BCUT2D eigenvalue weighted by molar-refractivity contribution is -0.109. The maximum absolute atomic E-state index is 11.4. The number of hydrogen-bond acceptors (Lipinski definition) is 2. The fraction of sp³-hybridized carbons (Fsp3) is 0.185. The molecule has 0 aliphatic heterocycles. The first-order valence-corrected chi connectivity index (χ1v) is 10.7. The lowest BCUT2D eigenvalue weighted by Crippen LogP contribution is -2.14. The van der Waals surface area contributed by atoms with Crippen LogP contribution in [-0.4, -0.2) is 16.1 Å². The summed E-state index contributed by atoms with van der Waals surface area (Å²) >= 11 is 0. The van der Waals surface area contributed by atoms with Crippen LogP contribution in [0.15, 0.2) is 72.9 Å². The zero-order chi connectivity index (χ0) is 20.1. The molecule has 0 fully saturated rings.